The van der Waals surface area contributed by atoms with Crippen LogP contribution in [0.4, 0.5) is 5.82 Å². The second-order valence-electron chi connectivity index (χ2n) is 9.35. The average Bonchev–Trinajstić information content (AvgIpc) is 3.55. The topological polar surface area (TPSA) is 89.1 Å². The van der Waals surface area contributed by atoms with E-state index in [4.69, 9.17) is 15.2 Å². The number of benzene rings is 2. The summed E-state index contributed by atoms with van der Waals surface area (Å²) in [5.41, 5.74) is 6.00. The number of pyridine rings is 1. The van der Waals surface area contributed by atoms with Crippen molar-refractivity contribution in [1.82, 2.24) is 24.5 Å². The minimum absolute atomic E-state index is 0.171. The maximum Gasteiger partial charge on any atom is 0.303 e. The average molecular weight is 467 g/mol. The monoisotopic (exact) mass is 466 g/mol. The first-order valence-corrected chi connectivity index (χ1v) is 11.8. The number of rotatable bonds is 5. The van der Waals surface area contributed by atoms with Crippen LogP contribution in [0, 0.1) is 12.8 Å². The number of carboxylic acids is 1. The van der Waals surface area contributed by atoms with Gasteiger partial charge >= 0.3 is 5.97 Å². The number of aromatic nitrogens is 5. The Hall–Kier alpha value is -4.20. The van der Waals surface area contributed by atoms with Crippen LogP contribution in [0.1, 0.15) is 18.4 Å². The summed E-state index contributed by atoms with van der Waals surface area (Å²) >= 11 is 0. The van der Waals surface area contributed by atoms with Crippen LogP contribution in [-0.2, 0) is 11.8 Å². The lowest BCUT2D eigenvalue weighted by molar-refractivity contribution is -0.137. The summed E-state index contributed by atoms with van der Waals surface area (Å²) in [7, 11) is 1.93. The lowest BCUT2D eigenvalue weighted by Gasteiger charge is -2.17. The van der Waals surface area contributed by atoms with E-state index >= 15 is 0 Å². The SMILES string of the molecule is Cc1cccc2c(-c3cccc4nn(C)cc34)nn(-c3ccc(N4CC[C@H](CC(=O)O)C4)nc3)c12. The van der Waals surface area contributed by atoms with E-state index in [9.17, 15) is 4.79 Å². The second-order valence-corrected chi connectivity index (χ2v) is 9.35. The lowest BCUT2D eigenvalue weighted by atomic mass is 10.0. The number of hydrogen-bond donors (Lipinski definition) is 1. The third kappa shape index (κ3) is 3.71. The Balaban J connectivity index is 1.41. The number of aliphatic carboxylic acids is 1. The van der Waals surface area contributed by atoms with Crippen LogP contribution in [0.3, 0.4) is 0 Å². The Bertz CT molecular complexity index is 1570. The van der Waals surface area contributed by atoms with Crippen molar-refractivity contribution in [2.24, 2.45) is 13.0 Å². The van der Waals surface area contributed by atoms with E-state index in [1.807, 2.05) is 53.1 Å². The molecule has 0 aliphatic carbocycles. The predicted molar refractivity (Wildman–Crippen MR) is 136 cm³/mol. The van der Waals surface area contributed by atoms with Crippen molar-refractivity contribution in [2.45, 2.75) is 19.8 Å². The molecule has 0 radical (unpaired) electrons. The molecular formula is C27H26N6O2. The highest BCUT2D eigenvalue weighted by atomic mass is 16.4. The van der Waals surface area contributed by atoms with Gasteiger partial charge in [0, 0.05) is 49.1 Å². The van der Waals surface area contributed by atoms with Crippen molar-refractivity contribution in [2.75, 3.05) is 18.0 Å². The quantitative estimate of drug-likeness (QED) is 0.408. The maximum atomic E-state index is 11.1. The molecule has 1 atom stereocenters. The fraction of sp³-hybridized carbons (Fsp3) is 0.259. The molecule has 1 aliphatic rings. The molecule has 8 heteroatoms. The van der Waals surface area contributed by atoms with Gasteiger partial charge in [0.1, 0.15) is 11.5 Å². The molecule has 35 heavy (non-hydrogen) atoms. The number of carbonyl (C=O) groups is 1. The normalized spacial score (nSPS) is 15.9. The fourth-order valence-corrected chi connectivity index (χ4v) is 5.23. The molecule has 1 N–H and O–H groups in total. The summed E-state index contributed by atoms with van der Waals surface area (Å²) in [6.45, 7) is 3.65. The van der Waals surface area contributed by atoms with E-state index in [2.05, 4.69) is 41.2 Å². The minimum Gasteiger partial charge on any atom is -0.481 e. The van der Waals surface area contributed by atoms with Crippen LogP contribution < -0.4 is 4.90 Å². The summed E-state index contributed by atoms with van der Waals surface area (Å²) in [6, 6.07) is 16.5. The van der Waals surface area contributed by atoms with Gasteiger partial charge in [-0.15, -0.1) is 0 Å². The van der Waals surface area contributed by atoms with Crippen molar-refractivity contribution in [3.8, 4) is 16.9 Å². The fourth-order valence-electron chi connectivity index (χ4n) is 5.23. The van der Waals surface area contributed by atoms with E-state index in [-0.39, 0.29) is 12.3 Å². The summed E-state index contributed by atoms with van der Waals surface area (Å²) in [5.74, 6) is 0.304. The molecule has 8 nitrogen and oxygen atoms in total. The third-order valence-electron chi connectivity index (χ3n) is 6.87. The summed E-state index contributed by atoms with van der Waals surface area (Å²) in [5, 5.41) is 20.9. The number of aryl methyl sites for hydroxylation is 2. The van der Waals surface area contributed by atoms with Gasteiger partial charge in [0.15, 0.2) is 0 Å². The molecule has 0 amide bonds. The number of fused-ring (bicyclic) bond motifs is 2. The van der Waals surface area contributed by atoms with Gasteiger partial charge in [-0.05, 0) is 43.0 Å². The van der Waals surface area contributed by atoms with E-state index in [1.165, 1.54) is 0 Å². The van der Waals surface area contributed by atoms with Crippen LogP contribution in [0.2, 0.25) is 0 Å². The largest absolute Gasteiger partial charge is 0.481 e. The highest BCUT2D eigenvalue weighted by molar-refractivity contribution is 6.03. The van der Waals surface area contributed by atoms with Gasteiger partial charge in [0.25, 0.3) is 0 Å². The molecule has 4 heterocycles. The molecule has 0 saturated carbocycles. The Labute approximate surface area is 202 Å². The van der Waals surface area contributed by atoms with Crippen molar-refractivity contribution in [1.29, 1.82) is 0 Å². The van der Waals surface area contributed by atoms with Crippen molar-refractivity contribution >= 4 is 33.6 Å². The lowest BCUT2D eigenvalue weighted by Crippen LogP contribution is -2.21. The molecule has 1 aliphatic heterocycles. The van der Waals surface area contributed by atoms with Crippen molar-refractivity contribution in [3.05, 3.63) is 66.5 Å². The van der Waals surface area contributed by atoms with Gasteiger partial charge in [-0.25, -0.2) is 9.67 Å². The van der Waals surface area contributed by atoms with Crippen LogP contribution in [0.15, 0.2) is 60.9 Å². The Kier molecular flexibility index (Phi) is 5.02. The van der Waals surface area contributed by atoms with E-state index in [0.29, 0.717) is 0 Å². The van der Waals surface area contributed by atoms with E-state index in [1.54, 1.807) is 0 Å². The molecule has 0 bridgehead atoms. The maximum absolute atomic E-state index is 11.1. The summed E-state index contributed by atoms with van der Waals surface area (Å²) in [6.07, 6.45) is 4.98. The second kappa shape index (κ2) is 8.23. The van der Waals surface area contributed by atoms with Crippen LogP contribution in [0.25, 0.3) is 38.8 Å². The first kappa shape index (κ1) is 21.3. The summed E-state index contributed by atoms with van der Waals surface area (Å²) in [4.78, 5) is 18.0. The zero-order valence-electron chi connectivity index (χ0n) is 19.7. The highest BCUT2D eigenvalue weighted by Crippen LogP contribution is 2.35. The minimum atomic E-state index is -0.737. The molecule has 2 aromatic carbocycles. The summed E-state index contributed by atoms with van der Waals surface area (Å²) < 4.78 is 3.81. The highest BCUT2D eigenvalue weighted by Gasteiger charge is 2.25. The molecular weight excluding hydrogens is 440 g/mol. The Morgan fingerprint density at radius 2 is 1.94 bits per heavy atom. The van der Waals surface area contributed by atoms with Crippen molar-refractivity contribution in [3.63, 3.8) is 0 Å². The zero-order valence-corrected chi connectivity index (χ0v) is 19.7. The smallest absolute Gasteiger partial charge is 0.303 e. The first-order chi connectivity index (χ1) is 17.0. The molecule has 176 valence electrons. The van der Waals surface area contributed by atoms with Gasteiger partial charge in [-0.3, -0.25) is 9.48 Å². The molecule has 0 spiro atoms. The van der Waals surface area contributed by atoms with Crippen molar-refractivity contribution < 1.29 is 9.90 Å². The van der Waals surface area contributed by atoms with Gasteiger partial charge in [0.2, 0.25) is 0 Å². The Morgan fingerprint density at radius 3 is 2.74 bits per heavy atom. The molecule has 1 fully saturated rings. The van der Waals surface area contributed by atoms with Gasteiger partial charge < -0.3 is 10.0 Å². The Morgan fingerprint density at radius 1 is 1.09 bits per heavy atom. The predicted octanol–water partition coefficient (Wildman–Crippen LogP) is 4.58. The molecule has 1 saturated heterocycles. The number of anilines is 1. The van der Waals surface area contributed by atoms with Crippen LogP contribution >= 0.6 is 0 Å². The van der Waals surface area contributed by atoms with Crippen LogP contribution in [0.5, 0.6) is 0 Å². The molecule has 3 aromatic heterocycles. The number of para-hydroxylation sites is 1. The molecule has 5 aromatic rings. The van der Waals surface area contributed by atoms with E-state index < -0.39 is 5.97 Å². The number of hydrogen-bond acceptors (Lipinski definition) is 5. The number of nitrogens with zero attached hydrogens (tertiary/aromatic N) is 6. The molecule has 6 rings (SSSR count). The molecule has 0 unspecified atom stereocenters. The third-order valence-corrected chi connectivity index (χ3v) is 6.87. The van der Waals surface area contributed by atoms with E-state index in [0.717, 1.165) is 69.6 Å². The van der Waals surface area contributed by atoms with Gasteiger partial charge in [-0.1, -0.05) is 30.3 Å². The van der Waals surface area contributed by atoms with Gasteiger partial charge in [0.05, 0.1) is 22.9 Å². The first-order valence-electron chi connectivity index (χ1n) is 11.8. The van der Waals surface area contributed by atoms with Gasteiger partial charge in [-0.2, -0.15) is 10.2 Å². The standard InChI is InChI=1S/C27H26N6O2/c1-17-5-3-7-21-26(20-6-4-8-23-22(20)16-31(2)29-23)30-33(27(17)21)19-9-10-24(28-14-19)32-12-11-18(15-32)13-25(34)35/h3-10,14,16,18H,11-13,15H2,1-2H3,(H,34,35)/t18-/m1/s1. The van der Waals surface area contributed by atoms with Crippen LogP contribution in [-0.4, -0.2) is 48.7 Å². The zero-order chi connectivity index (χ0) is 24.1. The number of carboxylic acid groups (broad SMARTS) is 1.